The fourth-order valence-electron chi connectivity index (χ4n) is 4.20. The van der Waals surface area contributed by atoms with E-state index in [0.29, 0.717) is 0 Å². The van der Waals surface area contributed by atoms with Gasteiger partial charge in [0.25, 0.3) is 0 Å². The van der Waals surface area contributed by atoms with Crippen molar-refractivity contribution in [3.05, 3.63) is 59.7 Å². The van der Waals surface area contributed by atoms with Gasteiger partial charge in [0.05, 0.1) is 5.56 Å². The molecule has 2 aliphatic heterocycles. The van der Waals surface area contributed by atoms with E-state index in [1.807, 2.05) is 31.3 Å². The highest BCUT2D eigenvalue weighted by Crippen LogP contribution is 2.40. The van der Waals surface area contributed by atoms with Crippen molar-refractivity contribution in [1.29, 1.82) is 0 Å². The minimum absolute atomic E-state index is 0.0786. The molecule has 0 bridgehead atoms. The number of rotatable bonds is 2. The molecule has 2 heterocycles. The molecule has 0 saturated carbocycles. The van der Waals surface area contributed by atoms with E-state index in [0.717, 1.165) is 54.6 Å². The summed E-state index contributed by atoms with van der Waals surface area (Å²) in [7, 11) is 1.83. The molecule has 2 aliphatic rings. The van der Waals surface area contributed by atoms with Crippen LogP contribution in [0.25, 0.3) is 11.1 Å². The van der Waals surface area contributed by atoms with Gasteiger partial charge in [0, 0.05) is 19.6 Å². The zero-order valence-corrected chi connectivity index (χ0v) is 15.0. The molecule has 27 heavy (non-hydrogen) atoms. The quantitative estimate of drug-likeness (QED) is 0.845. The van der Waals surface area contributed by atoms with Gasteiger partial charge in [-0.3, -0.25) is 10.1 Å². The van der Waals surface area contributed by atoms with Crippen LogP contribution >= 0.6 is 0 Å². The van der Waals surface area contributed by atoms with Gasteiger partial charge in [-0.05, 0) is 54.2 Å². The number of nitrogens with one attached hydrogen (secondary N) is 1. The number of benzene rings is 2. The van der Waals surface area contributed by atoms with E-state index in [-0.39, 0.29) is 11.9 Å². The van der Waals surface area contributed by atoms with Crippen molar-refractivity contribution in [3.8, 4) is 11.1 Å². The van der Waals surface area contributed by atoms with Crippen LogP contribution in [0.1, 0.15) is 36.4 Å². The molecule has 2 saturated heterocycles. The molecule has 0 radical (unpaired) electrons. The summed E-state index contributed by atoms with van der Waals surface area (Å²) < 4.78 is 38.3. The Kier molecular flexibility index (Phi) is 4.26. The molecule has 0 aliphatic carbocycles. The maximum atomic E-state index is 12.8. The summed E-state index contributed by atoms with van der Waals surface area (Å²) in [6.45, 7) is 0.768. The van der Waals surface area contributed by atoms with Crippen LogP contribution in [0.3, 0.4) is 0 Å². The molecule has 0 unspecified atom stereocenters. The third-order valence-corrected chi connectivity index (χ3v) is 5.77. The van der Waals surface area contributed by atoms with E-state index < -0.39 is 17.3 Å². The Bertz CT molecular complexity index is 862. The zero-order valence-electron chi connectivity index (χ0n) is 15.0. The number of hydrogen-bond acceptors (Lipinski definition) is 2. The summed E-state index contributed by atoms with van der Waals surface area (Å²) >= 11 is 0. The Hall–Kier alpha value is -2.34. The first-order chi connectivity index (χ1) is 12.8. The van der Waals surface area contributed by atoms with E-state index in [2.05, 4.69) is 5.32 Å². The van der Waals surface area contributed by atoms with Crippen LogP contribution in [0.5, 0.6) is 0 Å². The van der Waals surface area contributed by atoms with Crippen LogP contribution in [0.15, 0.2) is 48.5 Å². The Morgan fingerprint density at radius 1 is 1.07 bits per heavy atom. The van der Waals surface area contributed by atoms with E-state index in [4.69, 9.17) is 0 Å². The minimum atomic E-state index is -4.33. The molecular weight excluding hydrogens is 353 g/mol. The number of alkyl halides is 3. The monoisotopic (exact) mass is 374 g/mol. The third-order valence-electron chi connectivity index (χ3n) is 5.77. The predicted octanol–water partition coefficient (Wildman–Crippen LogP) is 4.40. The second-order valence-corrected chi connectivity index (χ2v) is 7.49. The van der Waals surface area contributed by atoms with Crippen molar-refractivity contribution in [3.63, 3.8) is 0 Å². The molecule has 4 rings (SSSR count). The molecule has 1 N–H and O–H groups in total. The fourth-order valence-corrected chi connectivity index (χ4v) is 4.20. The van der Waals surface area contributed by atoms with Gasteiger partial charge in [-0.25, -0.2) is 0 Å². The molecule has 2 aromatic rings. The average molecular weight is 374 g/mol. The molecule has 2 fully saturated rings. The third kappa shape index (κ3) is 3.23. The van der Waals surface area contributed by atoms with Gasteiger partial charge in [0.1, 0.15) is 5.54 Å². The molecule has 0 aromatic heterocycles. The van der Waals surface area contributed by atoms with Gasteiger partial charge >= 0.3 is 6.18 Å². The topological polar surface area (TPSA) is 32.3 Å². The lowest BCUT2D eigenvalue weighted by molar-refractivity contribution is -0.137. The lowest BCUT2D eigenvalue weighted by atomic mass is 9.95. The van der Waals surface area contributed by atoms with E-state index in [9.17, 15) is 18.0 Å². The lowest BCUT2D eigenvalue weighted by Crippen LogP contribution is -2.47. The van der Waals surface area contributed by atoms with E-state index >= 15 is 0 Å². The Labute approximate surface area is 156 Å². The highest BCUT2D eigenvalue weighted by Gasteiger charge is 2.49. The Morgan fingerprint density at radius 3 is 2.44 bits per heavy atom. The largest absolute Gasteiger partial charge is 0.416 e. The van der Waals surface area contributed by atoms with Crippen LogP contribution in [-0.4, -0.2) is 29.9 Å². The van der Waals surface area contributed by atoms with Gasteiger partial charge < -0.3 is 4.90 Å². The maximum Gasteiger partial charge on any atom is 0.416 e. The molecule has 1 amide bonds. The number of halogens is 3. The first-order valence-corrected chi connectivity index (χ1v) is 9.09. The summed E-state index contributed by atoms with van der Waals surface area (Å²) in [5, 5.41) is 3.53. The number of likely N-dealkylation sites (N-methyl/N-ethyl adjacent to an activating group) is 1. The van der Waals surface area contributed by atoms with Crippen molar-refractivity contribution in [2.45, 2.75) is 37.0 Å². The number of carbonyl (C=O) groups excluding carboxylic acids is 1. The minimum Gasteiger partial charge on any atom is -0.344 e. The van der Waals surface area contributed by atoms with Gasteiger partial charge in [-0.15, -0.1) is 0 Å². The van der Waals surface area contributed by atoms with Gasteiger partial charge in [-0.2, -0.15) is 13.2 Å². The number of amides is 1. The van der Waals surface area contributed by atoms with E-state index in [1.165, 1.54) is 12.1 Å². The maximum absolute atomic E-state index is 12.8. The number of hydrogen-bond donors (Lipinski definition) is 1. The predicted molar refractivity (Wildman–Crippen MR) is 97.0 cm³/mol. The molecular formula is C21H21F3N2O. The van der Waals surface area contributed by atoms with Crippen molar-refractivity contribution in [2.75, 3.05) is 13.6 Å². The number of nitrogens with zero attached hydrogens (tertiary/aromatic N) is 1. The summed E-state index contributed by atoms with van der Waals surface area (Å²) in [5.74, 6) is 0.156. The summed E-state index contributed by atoms with van der Waals surface area (Å²) in [6, 6.07) is 13.1. The Morgan fingerprint density at radius 2 is 1.81 bits per heavy atom. The van der Waals surface area contributed by atoms with Crippen LogP contribution in [0, 0.1) is 0 Å². The van der Waals surface area contributed by atoms with Gasteiger partial charge in [-0.1, -0.05) is 30.3 Å². The number of carbonyl (C=O) groups is 1. The molecule has 3 nitrogen and oxygen atoms in total. The van der Waals surface area contributed by atoms with Crippen LogP contribution in [0.4, 0.5) is 13.2 Å². The van der Waals surface area contributed by atoms with Gasteiger partial charge in [0.2, 0.25) is 5.91 Å². The van der Waals surface area contributed by atoms with Crippen LogP contribution in [0.2, 0.25) is 0 Å². The fraction of sp³-hybridized carbons (Fsp3) is 0.381. The zero-order chi connectivity index (χ0) is 19.2. The summed E-state index contributed by atoms with van der Waals surface area (Å²) in [4.78, 5) is 14.3. The first kappa shape index (κ1) is 18.0. The van der Waals surface area contributed by atoms with Crippen molar-refractivity contribution < 1.29 is 18.0 Å². The molecule has 2 aromatic carbocycles. The first-order valence-electron chi connectivity index (χ1n) is 9.09. The average Bonchev–Trinajstić information content (AvgIpc) is 3.21. The SMILES string of the molecule is CN1CC[C@@]2(CC[C@H](c3cccc(-c4ccc(C(F)(F)F)cc4)c3)N2)C1=O. The van der Waals surface area contributed by atoms with Crippen molar-refractivity contribution in [1.82, 2.24) is 10.2 Å². The summed E-state index contributed by atoms with van der Waals surface area (Å²) in [5.41, 5.74) is 1.58. The smallest absolute Gasteiger partial charge is 0.344 e. The molecule has 2 atom stereocenters. The van der Waals surface area contributed by atoms with Crippen LogP contribution < -0.4 is 5.32 Å². The summed E-state index contributed by atoms with van der Waals surface area (Å²) in [6.07, 6.45) is -1.83. The van der Waals surface area contributed by atoms with Crippen molar-refractivity contribution in [2.24, 2.45) is 0 Å². The lowest BCUT2D eigenvalue weighted by Gasteiger charge is -2.23. The normalized spacial score (nSPS) is 25.6. The highest BCUT2D eigenvalue weighted by molar-refractivity contribution is 5.88. The molecule has 1 spiro atoms. The number of likely N-dealkylation sites (tertiary alicyclic amines) is 1. The second kappa shape index (κ2) is 6.37. The van der Waals surface area contributed by atoms with Gasteiger partial charge in [0.15, 0.2) is 0 Å². The van der Waals surface area contributed by atoms with Crippen molar-refractivity contribution >= 4 is 5.91 Å². The molecule has 142 valence electrons. The second-order valence-electron chi connectivity index (χ2n) is 7.49. The Balaban J connectivity index is 1.56. The van der Waals surface area contributed by atoms with Crippen LogP contribution in [-0.2, 0) is 11.0 Å². The molecule has 6 heteroatoms. The standard InChI is InChI=1S/C21H21F3N2O/c1-26-12-11-20(19(26)27)10-9-18(25-20)16-4-2-3-15(13-16)14-5-7-17(8-6-14)21(22,23)24/h2-8,13,18,25H,9-12H2,1H3/t18-,20+/m1/s1. The highest BCUT2D eigenvalue weighted by atomic mass is 19.4. The van der Waals surface area contributed by atoms with E-state index in [1.54, 1.807) is 4.90 Å².